The molecule has 112 valence electrons. The van der Waals surface area contributed by atoms with Gasteiger partial charge in [0, 0.05) is 12.6 Å². The third-order valence-electron chi connectivity index (χ3n) is 3.14. The number of ether oxygens (including phenoxy) is 2. The van der Waals surface area contributed by atoms with E-state index in [1.165, 1.54) is 12.7 Å². The van der Waals surface area contributed by atoms with E-state index < -0.39 is 0 Å². The SMILES string of the molecule is COC(=O)CN(CCCOc1cccc(C)c1)C(C)C. The van der Waals surface area contributed by atoms with Crippen LogP contribution in [0.25, 0.3) is 0 Å². The van der Waals surface area contributed by atoms with Crippen molar-refractivity contribution in [1.82, 2.24) is 4.90 Å². The van der Waals surface area contributed by atoms with Gasteiger partial charge in [-0.15, -0.1) is 0 Å². The normalized spacial score (nSPS) is 10.9. The van der Waals surface area contributed by atoms with E-state index in [9.17, 15) is 4.79 Å². The Labute approximate surface area is 121 Å². The predicted octanol–water partition coefficient (Wildman–Crippen LogP) is 2.65. The molecule has 0 aliphatic carbocycles. The Morgan fingerprint density at radius 1 is 1.35 bits per heavy atom. The molecule has 0 saturated carbocycles. The van der Waals surface area contributed by atoms with Crippen LogP contribution in [0.3, 0.4) is 0 Å². The summed E-state index contributed by atoms with van der Waals surface area (Å²) >= 11 is 0. The van der Waals surface area contributed by atoms with Crippen LogP contribution in [0, 0.1) is 6.92 Å². The van der Waals surface area contributed by atoms with E-state index in [1.54, 1.807) is 0 Å². The van der Waals surface area contributed by atoms with Crippen molar-refractivity contribution in [3.8, 4) is 5.75 Å². The van der Waals surface area contributed by atoms with Gasteiger partial charge in [0.1, 0.15) is 5.75 Å². The van der Waals surface area contributed by atoms with E-state index >= 15 is 0 Å². The first-order valence-corrected chi connectivity index (χ1v) is 7.03. The molecule has 0 aliphatic rings. The molecule has 0 spiro atoms. The smallest absolute Gasteiger partial charge is 0.319 e. The summed E-state index contributed by atoms with van der Waals surface area (Å²) in [6.45, 7) is 7.99. The lowest BCUT2D eigenvalue weighted by atomic mass is 10.2. The van der Waals surface area contributed by atoms with Crippen molar-refractivity contribution in [3.05, 3.63) is 29.8 Å². The lowest BCUT2D eigenvalue weighted by molar-refractivity contribution is -0.142. The fourth-order valence-corrected chi connectivity index (χ4v) is 1.91. The minimum absolute atomic E-state index is 0.196. The molecular weight excluding hydrogens is 254 g/mol. The quantitative estimate of drug-likeness (QED) is 0.542. The number of esters is 1. The fourth-order valence-electron chi connectivity index (χ4n) is 1.91. The summed E-state index contributed by atoms with van der Waals surface area (Å²) in [4.78, 5) is 13.4. The summed E-state index contributed by atoms with van der Waals surface area (Å²) in [6, 6.07) is 8.33. The van der Waals surface area contributed by atoms with E-state index in [0.717, 1.165) is 18.7 Å². The van der Waals surface area contributed by atoms with E-state index in [2.05, 4.69) is 18.7 Å². The van der Waals surface area contributed by atoms with Gasteiger partial charge in [0.05, 0.1) is 20.3 Å². The highest BCUT2D eigenvalue weighted by molar-refractivity contribution is 5.71. The van der Waals surface area contributed by atoms with Crippen molar-refractivity contribution in [2.45, 2.75) is 33.2 Å². The number of benzene rings is 1. The first kappa shape index (κ1) is 16.5. The van der Waals surface area contributed by atoms with Crippen molar-refractivity contribution in [3.63, 3.8) is 0 Å². The molecular formula is C16H25NO3. The molecule has 0 atom stereocenters. The number of hydrogen-bond donors (Lipinski definition) is 0. The average molecular weight is 279 g/mol. The molecule has 0 fully saturated rings. The number of rotatable bonds is 8. The molecule has 4 nitrogen and oxygen atoms in total. The second-order valence-electron chi connectivity index (χ2n) is 5.16. The van der Waals surface area contributed by atoms with Gasteiger partial charge < -0.3 is 9.47 Å². The summed E-state index contributed by atoms with van der Waals surface area (Å²) in [5, 5.41) is 0. The van der Waals surface area contributed by atoms with Crippen LogP contribution >= 0.6 is 0 Å². The molecule has 0 unspecified atom stereocenters. The lowest BCUT2D eigenvalue weighted by Crippen LogP contribution is -2.37. The maximum atomic E-state index is 11.3. The monoisotopic (exact) mass is 279 g/mol. The zero-order valence-corrected chi connectivity index (χ0v) is 12.9. The van der Waals surface area contributed by atoms with E-state index in [1.807, 2.05) is 31.2 Å². The molecule has 0 radical (unpaired) electrons. The standard InChI is InChI=1S/C16H25NO3/c1-13(2)17(12-16(18)19-4)9-6-10-20-15-8-5-7-14(3)11-15/h5,7-8,11,13H,6,9-10,12H2,1-4H3. The van der Waals surface area contributed by atoms with Crippen LogP contribution in [-0.2, 0) is 9.53 Å². The van der Waals surface area contributed by atoms with Crippen LogP contribution in [0.5, 0.6) is 5.75 Å². The third kappa shape index (κ3) is 6.06. The molecule has 0 N–H and O–H groups in total. The maximum absolute atomic E-state index is 11.3. The largest absolute Gasteiger partial charge is 0.494 e. The molecule has 20 heavy (non-hydrogen) atoms. The van der Waals surface area contributed by atoms with E-state index in [-0.39, 0.29) is 5.97 Å². The zero-order valence-electron chi connectivity index (χ0n) is 12.9. The highest BCUT2D eigenvalue weighted by atomic mass is 16.5. The number of carbonyl (C=O) groups excluding carboxylic acids is 1. The number of carbonyl (C=O) groups is 1. The molecule has 4 heteroatoms. The zero-order chi connectivity index (χ0) is 15.0. The number of methoxy groups -OCH3 is 1. The number of hydrogen-bond acceptors (Lipinski definition) is 4. The Balaban J connectivity index is 2.32. The van der Waals surface area contributed by atoms with Crippen LogP contribution in [0.2, 0.25) is 0 Å². The van der Waals surface area contributed by atoms with Gasteiger partial charge in [0.2, 0.25) is 0 Å². The number of nitrogens with zero attached hydrogens (tertiary/aromatic N) is 1. The molecule has 0 bridgehead atoms. The van der Waals surface area contributed by atoms with Crippen LogP contribution in [0.15, 0.2) is 24.3 Å². The van der Waals surface area contributed by atoms with Gasteiger partial charge in [-0.05, 0) is 44.9 Å². The minimum Gasteiger partial charge on any atom is -0.494 e. The molecule has 0 saturated heterocycles. The van der Waals surface area contributed by atoms with Crippen molar-refractivity contribution in [2.24, 2.45) is 0 Å². The van der Waals surface area contributed by atoms with Crippen LogP contribution in [-0.4, -0.2) is 43.7 Å². The highest BCUT2D eigenvalue weighted by Gasteiger charge is 2.13. The molecule has 0 aromatic heterocycles. The van der Waals surface area contributed by atoms with Crippen molar-refractivity contribution in [1.29, 1.82) is 0 Å². The Bertz CT molecular complexity index is 418. The number of aryl methyl sites for hydroxylation is 1. The lowest BCUT2D eigenvalue weighted by Gasteiger charge is -2.25. The van der Waals surface area contributed by atoms with Gasteiger partial charge in [-0.1, -0.05) is 12.1 Å². The van der Waals surface area contributed by atoms with E-state index in [4.69, 9.17) is 9.47 Å². The van der Waals surface area contributed by atoms with Gasteiger partial charge in [0.15, 0.2) is 0 Å². The first-order chi connectivity index (χ1) is 9.52. The summed E-state index contributed by atoms with van der Waals surface area (Å²) in [7, 11) is 1.42. The Hall–Kier alpha value is -1.55. The van der Waals surface area contributed by atoms with Crippen molar-refractivity contribution >= 4 is 5.97 Å². The third-order valence-corrected chi connectivity index (χ3v) is 3.14. The Morgan fingerprint density at radius 2 is 2.10 bits per heavy atom. The summed E-state index contributed by atoms with van der Waals surface area (Å²) in [6.07, 6.45) is 0.878. The molecule has 0 aliphatic heterocycles. The topological polar surface area (TPSA) is 38.8 Å². The summed E-state index contributed by atoms with van der Waals surface area (Å²) in [5.41, 5.74) is 1.19. The predicted molar refractivity (Wildman–Crippen MR) is 80.0 cm³/mol. The van der Waals surface area contributed by atoms with Crippen LogP contribution in [0.4, 0.5) is 0 Å². The molecule has 0 heterocycles. The average Bonchev–Trinajstić information content (AvgIpc) is 2.41. The maximum Gasteiger partial charge on any atom is 0.319 e. The van der Waals surface area contributed by atoms with Gasteiger partial charge in [-0.2, -0.15) is 0 Å². The second-order valence-corrected chi connectivity index (χ2v) is 5.16. The van der Waals surface area contributed by atoms with E-state index in [0.29, 0.717) is 19.2 Å². The minimum atomic E-state index is -0.196. The Morgan fingerprint density at radius 3 is 2.70 bits per heavy atom. The van der Waals surface area contributed by atoms with Gasteiger partial charge in [-0.25, -0.2) is 0 Å². The van der Waals surface area contributed by atoms with Crippen molar-refractivity contribution in [2.75, 3.05) is 26.8 Å². The van der Waals surface area contributed by atoms with Gasteiger partial charge in [-0.3, -0.25) is 9.69 Å². The van der Waals surface area contributed by atoms with Gasteiger partial charge >= 0.3 is 5.97 Å². The fraction of sp³-hybridized carbons (Fsp3) is 0.562. The summed E-state index contributed by atoms with van der Waals surface area (Å²) in [5.74, 6) is 0.701. The first-order valence-electron chi connectivity index (χ1n) is 7.03. The molecule has 1 aromatic rings. The highest BCUT2D eigenvalue weighted by Crippen LogP contribution is 2.12. The Kier molecular flexibility index (Phi) is 7.09. The van der Waals surface area contributed by atoms with Crippen molar-refractivity contribution < 1.29 is 14.3 Å². The second kappa shape index (κ2) is 8.59. The molecule has 0 amide bonds. The summed E-state index contributed by atoms with van der Waals surface area (Å²) < 4.78 is 10.4. The van der Waals surface area contributed by atoms with Crippen LogP contribution in [0.1, 0.15) is 25.8 Å². The van der Waals surface area contributed by atoms with Gasteiger partial charge in [0.25, 0.3) is 0 Å². The molecule has 1 rings (SSSR count). The van der Waals surface area contributed by atoms with Crippen LogP contribution < -0.4 is 4.74 Å². The molecule has 1 aromatic carbocycles.